The highest BCUT2D eigenvalue weighted by Gasteiger charge is 2.44. The second-order valence-corrected chi connectivity index (χ2v) is 6.50. The summed E-state index contributed by atoms with van der Waals surface area (Å²) >= 11 is 0. The lowest BCUT2D eigenvalue weighted by atomic mass is 9.86. The van der Waals surface area contributed by atoms with Crippen LogP contribution in [0.1, 0.15) is 52.4 Å². The van der Waals surface area contributed by atoms with Crippen LogP contribution in [0.2, 0.25) is 0 Å². The molecule has 1 amide bonds. The van der Waals surface area contributed by atoms with Crippen molar-refractivity contribution in [2.75, 3.05) is 39.5 Å². The second kappa shape index (κ2) is 8.85. The van der Waals surface area contributed by atoms with E-state index in [0.29, 0.717) is 13.0 Å². The molecule has 0 spiro atoms. The van der Waals surface area contributed by atoms with Gasteiger partial charge in [0, 0.05) is 44.3 Å². The average molecular weight is 312 g/mol. The first-order valence-corrected chi connectivity index (χ1v) is 8.89. The third-order valence-corrected chi connectivity index (χ3v) is 5.19. The zero-order valence-electron chi connectivity index (χ0n) is 14.2. The maximum Gasteiger partial charge on any atom is 0.220 e. The van der Waals surface area contributed by atoms with E-state index in [2.05, 4.69) is 17.1 Å². The van der Waals surface area contributed by atoms with Crippen LogP contribution in [0.15, 0.2) is 0 Å². The lowest BCUT2D eigenvalue weighted by molar-refractivity contribution is -0.123. The van der Waals surface area contributed by atoms with Crippen molar-refractivity contribution in [2.45, 2.75) is 64.0 Å². The average Bonchev–Trinajstić information content (AvgIpc) is 3.03. The molecule has 0 unspecified atom stereocenters. The van der Waals surface area contributed by atoms with Crippen molar-refractivity contribution >= 4 is 5.91 Å². The molecule has 0 radical (unpaired) electrons. The molecule has 22 heavy (non-hydrogen) atoms. The van der Waals surface area contributed by atoms with E-state index in [9.17, 15) is 4.79 Å². The van der Waals surface area contributed by atoms with Gasteiger partial charge in [-0.2, -0.15) is 0 Å². The van der Waals surface area contributed by atoms with Gasteiger partial charge in [-0.15, -0.1) is 0 Å². The van der Waals surface area contributed by atoms with Gasteiger partial charge in [0.2, 0.25) is 5.91 Å². The van der Waals surface area contributed by atoms with Crippen molar-refractivity contribution in [3.63, 3.8) is 0 Å². The van der Waals surface area contributed by atoms with Crippen LogP contribution in [0.4, 0.5) is 0 Å². The minimum Gasteiger partial charge on any atom is -0.382 e. The van der Waals surface area contributed by atoms with E-state index in [4.69, 9.17) is 9.47 Å². The van der Waals surface area contributed by atoms with Crippen molar-refractivity contribution < 1.29 is 14.3 Å². The molecule has 0 bridgehead atoms. The molecule has 2 rings (SSSR count). The molecule has 1 N–H and O–H groups in total. The van der Waals surface area contributed by atoms with E-state index in [0.717, 1.165) is 39.3 Å². The van der Waals surface area contributed by atoms with Gasteiger partial charge in [-0.25, -0.2) is 0 Å². The molecule has 1 heterocycles. The number of amides is 1. The van der Waals surface area contributed by atoms with Gasteiger partial charge in [0.25, 0.3) is 0 Å². The molecular formula is C17H32N2O3. The number of carbonyl (C=O) groups is 1. The molecule has 1 aliphatic carbocycles. The maximum atomic E-state index is 12.2. The van der Waals surface area contributed by atoms with Crippen LogP contribution in [-0.4, -0.2) is 61.9 Å². The summed E-state index contributed by atoms with van der Waals surface area (Å²) in [6.45, 7) is 9.17. The van der Waals surface area contributed by atoms with Gasteiger partial charge in [0.05, 0.1) is 13.2 Å². The van der Waals surface area contributed by atoms with Crippen LogP contribution in [0.25, 0.3) is 0 Å². The molecule has 0 aromatic carbocycles. The molecule has 5 nitrogen and oxygen atoms in total. The van der Waals surface area contributed by atoms with Gasteiger partial charge in [-0.05, 0) is 33.1 Å². The summed E-state index contributed by atoms with van der Waals surface area (Å²) in [7, 11) is 0. The highest BCUT2D eigenvalue weighted by molar-refractivity contribution is 5.76. The Bertz CT molecular complexity index is 337. The zero-order chi connectivity index (χ0) is 15.8. The van der Waals surface area contributed by atoms with Gasteiger partial charge < -0.3 is 14.8 Å². The third kappa shape index (κ3) is 4.43. The molecular weight excluding hydrogens is 280 g/mol. The van der Waals surface area contributed by atoms with Crippen molar-refractivity contribution in [1.82, 2.24) is 10.2 Å². The Kier molecular flexibility index (Phi) is 7.12. The van der Waals surface area contributed by atoms with E-state index in [-0.39, 0.29) is 17.5 Å². The highest BCUT2D eigenvalue weighted by Crippen LogP contribution is 2.38. The number of ether oxygens (including phenoxy) is 2. The molecule has 0 aromatic rings. The van der Waals surface area contributed by atoms with Crippen molar-refractivity contribution in [1.29, 1.82) is 0 Å². The zero-order valence-corrected chi connectivity index (χ0v) is 14.2. The Labute approximate surface area is 134 Å². The largest absolute Gasteiger partial charge is 0.382 e. The van der Waals surface area contributed by atoms with Gasteiger partial charge in [-0.3, -0.25) is 9.69 Å². The Morgan fingerprint density at radius 3 is 2.64 bits per heavy atom. The molecule has 2 aliphatic rings. The summed E-state index contributed by atoms with van der Waals surface area (Å²) in [6.07, 6.45) is 6.27. The molecule has 2 fully saturated rings. The van der Waals surface area contributed by atoms with E-state index in [1.54, 1.807) is 0 Å². The van der Waals surface area contributed by atoms with Crippen LogP contribution >= 0.6 is 0 Å². The van der Waals surface area contributed by atoms with Gasteiger partial charge in [-0.1, -0.05) is 12.8 Å². The molecule has 0 aromatic heterocycles. The first kappa shape index (κ1) is 17.7. The van der Waals surface area contributed by atoms with E-state index in [1.807, 2.05) is 6.92 Å². The number of nitrogens with one attached hydrogen (secondary N) is 1. The highest BCUT2D eigenvalue weighted by atomic mass is 16.5. The molecule has 1 atom stereocenters. The van der Waals surface area contributed by atoms with Crippen molar-refractivity contribution in [2.24, 2.45) is 0 Å². The Morgan fingerprint density at radius 1 is 1.32 bits per heavy atom. The fourth-order valence-electron chi connectivity index (χ4n) is 3.95. The standard InChI is InChI=1S/C17H32N2O3/c1-3-21-12-6-7-16(20)18-15(2)17(8-4-5-9-17)19-10-13-22-14-11-19/h15H,3-14H2,1-2H3,(H,18,20)/t15-/m0/s1. The van der Waals surface area contributed by atoms with Gasteiger partial charge in [0.15, 0.2) is 0 Å². The minimum absolute atomic E-state index is 0.138. The number of nitrogens with zero attached hydrogens (tertiary/aromatic N) is 1. The second-order valence-electron chi connectivity index (χ2n) is 6.50. The van der Waals surface area contributed by atoms with E-state index in [1.165, 1.54) is 25.7 Å². The normalized spacial score (nSPS) is 23.4. The summed E-state index contributed by atoms with van der Waals surface area (Å²) < 4.78 is 10.8. The lowest BCUT2D eigenvalue weighted by Crippen LogP contribution is -2.62. The molecule has 1 aliphatic heterocycles. The van der Waals surface area contributed by atoms with Gasteiger partial charge in [0.1, 0.15) is 0 Å². The maximum absolute atomic E-state index is 12.2. The lowest BCUT2D eigenvalue weighted by Gasteiger charge is -2.47. The van der Waals surface area contributed by atoms with Crippen LogP contribution in [-0.2, 0) is 14.3 Å². The Balaban J connectivity index is 1.86. The summed E-state index contributed by atoms with van der Waals surface area (Å²) in [4.78, 5) is 14.8. The van der Waals surface area contributed by atoms with E-state index >= 15 is 0 Å². The smallest absolute Gasteiger partial charge is 0.220 e. The molecule has 5 heteroatoms. The fourth-order valence-corrected chi connectivity index (χ4v) is 3.95. The van der Waals surface area contributed by atoms with Crippen LogP contribution in [0.5, 0.6) is 0 Å². The van der Waals surface area contributed by atoms with Crippen molar-refractivity contribution in [3.05, 3.63) is 0 Å². The minimum atomic E-state index is 0.138. The Hall–Kier alpha value is -0.650. The fraction of sp³-hybridized carbons (Fsp3) is 0.941. The monoisotopic (exact) mass is 312 g/mol. The number of rotatable bonds is 8. The molecule has 1 saturated carbocycles. The van der Waals surface area contributed by atoms with Crippen LogP contribution in [0.3, 0.4) is 0 Å². The summed E-state index contributed by atoms with van der Waals surface area (Å²) in [5.74, 6) is 0.159. The molecule has 1 saturated heterocycles. The SMILES string of the molecule is CCOCCCC(=O)N[C@@H](C)C1(N2CCOCC2)CCCC1. The summed E-state index contributed by atoms with van der Waals surface area (Å²) in [5.41, 5.74) is 0.138. The topological polar surface area (TPSA) is 50.8 Å². The van der Waals surface area contributed by atoms with Crippen LogP contribution in [0, 0.1) is 0 Å². The van der Waals surface area contributed by atoms with Crippen molar-refractivity contribution in [3.8, 4) is 0 Å². The first-order chi connectivity index (χ1) is 10.7. The number of hydrogen-bond donors (Lipinski definition) is 1. The first-order valence-electron chi connectivity index (χ1n) is 8.89. The Morgan fingerprint density at radius 2 is 2.00 bits per heavy atom. The number of hydrogen-bond acceptors (Lipinski definition) is 4. The third-order valence-electron chi connectivity index (χ3n) is 5.19. The molecule has 128 valence electrons. The van der Waals surface area contributed by atoms with Gasteiger partial charge >= 0.3 is 0 Å². The van der Waals surface area contributed by atoms with E-state index < -0.39 is 0 Å². The number of carbonyl (C=O) groups excluding carboxylic acids is 1. The number of morpholine rings is 1. The summed E-state index contributed by atoms with van der Waals surface area (Å²) in [5, 5.41) is 3.26. The summed E-state index contributed by atoms with van der Waals surface area (Å²) in [6, 6.07) is 0.202. The predicted octanol–water partition coefficient (Wildman–Crippen LogP) is 1.95. The van der Waals surface area contributed by atoms with Crippen LogP contribution < -0.4 is 5.32 Å². The quantitative estimate of drug-likeness (QED) is 0.696. The predicted molar refractivity (Wildman–Crippen MR) is 86.9 cm³/mol.